The zero-order chi connectivity index (χ0) is 21.5. The molecule has 7 nitrogen and oxygen atoms in total. The zero-order valence-electron chi connectivity index (χ0n) is 17.6. The van der Waals surface area contributed by atoms with Crippen LogP contribution >= 0.6 is 0 Å². The summed E-state index contributed by atoms with van der Waals surface area (Å²) in [5.74, 6) is 2.68. The monoisotopic (exact) mass is 415 g/mol. The molecule has 0 spiro atoms. The number of hydrogen-bond donors (Lipinski definition) is 2. The summed E-state index contributed by atoms with van der Waals surface area (Å²) >= 11 is 0. The van der Waals surface area contributed by atoms with Gasteiger partial charge in [-0.3, -0.25) is 0 Å². The van der Waals surface area contributed by atoms with Crippen LogP contribution in [0.15, 0.2) is 66.9 Å². The summed E-state index contributed by atoms with van der Waals surface area (Å²) in [6.07, 6.45) is 2.63. The Morgan fingerprint density at radius 3 is 2.45 bits per heavy atom. The minimum absolute atomic E-state index is 0.553. The molecule has 4 rings (SSSR count). The Balaban J connectivity index is 1.51. The number of anilines is 2. The first-order valence-electron chi connectivity index (χ1n) is 10.1. The van der Waals surface area contributed by atoms with E-state index < -0.39 is 0 Å². The van der Waals surface area contributed by atoms with Crippen molar-refractivity contribution in [2.75, 3.05) is 31.4 Å². The normalized spacial score (nSPS) is 10.6. The number of aromatic nitrogens is 3. The molecule has 2 N–H and O–H groups in total. The van der Waals surface area contributed by atoms with E-state index in [-0.39, 0.29) is 0 Å². The zero-order valence-corrected chi connectivity index (χ0v) is 17.6. The van der Waals surface area contributed by atoms with Crippen LogP contribution in [0.25, 0.3) is 11.0 Å². The average Bonchev–Trinajstić information content (AvgIpc) is 2.83. The van der Waals surface area contributed by atoms with Gasteiger partial charge in [0.1, 0.15) is 5.82 Å². The highest BCUT2D eigenvalue weighted by atomic mass is 16.5. The van der Waals surface area contributed by atoms with E-state index in [9.17, 15) is 0 Å². The summed E-state index contributed by atoms with van der Waals surface area (Å²) in [5.41, 5.74) is 2.96. The smallest absolute Gasteiger partial charge is 0.226 e. The quantitative estimate of drug-likeness (QED) is 0.422. The Bertz CT molecular complexity index is 1150. The molecule has 0 saturated heterocycles. The lowest BCUT2D eigenvalue weighted by Crippen LogP contribution is -2.11. The van der Waals surface area contributed by atoms with Crippen molar-refractivity contribution < 1.29 is 9.47 Å². The molecule has 31 heavy (non-hydrogen) atoms. The molecule has 0 aliphatic carbocycles. The molecule has 158 valence electrons. The molecular weight excluding hydrogens is 390 g/mol. The minimum Gasteiger partial charge on any atom is -0.493 e. The third kappa shape index (κ3) is 5.01. The summed E-state index contributed by atoms with van der Waals surface area (Å²) in [4.78, 5) is 13.7. The lowest BCUT2D eigenvalue weighted by Gasteiger charge is -2.13. The first-order valence-corrected chi connectivity index (χ1v) is 10.1. The SMILES string of the molecule is COc1ccc(CNc2nc(NCCc3ccccc3)nc3ncccc23)cc1OC. The van der Waals surface area contributed by atoms with Crippen LogP contribution in [-0.2, 0) is 13.0 Å². The van der Waals surface area contributed by atoms with E-state index in [1.54, 1.807) is 20.4 Å². The van der Waals surface area contributed by atoms with Crippen LogP contribution in [-0.4, -0.2) is 35.7 Å². The Morgan fingerprint density at radius 1 is 0.806 bits per heavy atom. The molecule has 0 aliphatic heterocycles. The van der Waals surface area contributed by atoms with Crippen LogP contribution in [0.2, 0.25) is 0 Å². The Hall–Kier alpha value is -3.87. The molecule has 0 atom stereocenters. The highest BCUT2D eigenvalue weighted by Gasteiger charge is 2.10. The van der Waals surface area contributed by atoms with Crippen molar-refractivity contribution in [3.05, 3.63) is 78.0 Å². The Morgan fingerprint density at radius 2 is 1.65 bits per heavy atom. The summed E-state index contributed by atoms with van der Waals surface area (Å²) in [6.45, 7) is 1.31. The van der Waals surface area contributed by atoms with E-state index >= 15 is 0 Å². The average molecular weight is 415 g/mol. The third-order valence-corrected chi connectivity index (χ3v) is 4.92. The number of nitrogens with one attached hydrogen (secondary N) is 2. The molecule has 0 radical (unpaired) electrons. The number of methoxy groups -OCH3 is 2. The van der Waals surface area contributed by atoms with Crippen molar-refractivity contribution in [3.63, 3.8) is 0 Å². The maximum Gasteiger partial charge on any atom is 0.226 e. The third-order valence-electron chi connectivity index (χ3n) is 4.92. The second-order valence-electron chi connectivity index (χ2n) is 6.98. The molecular formula is C24H25N5O2. The lowest BCUT2D eigenvalue weighted by atomic mass is 10.1. The number of benzene rings is 2. The fraction of sp³-hybridized carbons (Fsp3) is 0.208. The van der Waals surface area contributed by atoms with Gasteiger partial charge >= 0.3 is 0 Å². The van der Waals surface area contributed by atoms with Gasteiger partial charge in [-0.25, -0.2) is 4.98 Å². The van der Waals surface area contributed by atoms with Crippen molar-refractivity contribution >= 4 is 22.8 Å². The van der Waals surface area contributed by atoms with Crippen molar-refractivity contribution in [2.24, 2.45) is 0 Å². The molecule has 2 aromatic heterocycles. The molecule has 2 heterocycles. The van der Waals surface area contributed by atoms with Gasteiger partial charge in [0.05, 0.1) is 19.6 Å². The minimum atomic E-state index is 0.553. The van der Waals surface area contributed by atoms with E-state index in [1.165, 1.54) is 5.56 Å². The lowest BCUT2D eigenvalue weighted by molar-refractivity contribution is 0.354. The van der Waals surface area contributed by atoms with Gasteiger partial charge < -0.3 is 20.1 Å². The number of hydrogen-bond acceptors (Lipinski definition) is 7. The topological polar surface area (TPSA) is 81.2 Å². The van der Waals surface area contributed by atoms with Crippen molar-refractivity contribution in [1.82, 2.24) is 15.0 Å². The van der Waals surface area contributed by atoms with E-state index in [4.69, 9.17) is 14.5 Å². The van der Waals surface area contributed by atoms with Crippen LogP contribution < -0.4 is 20.1 Å². The molecule has 0 bridgehead atoms. The van der Waals surface area contributed by atoms with Gasteiger partial charge in [0.25, 0.3) is 0 Å². The predicted octanol–water partition coefficient (Wildman–Crippen LogP) is 4.31. The highest BCUT2D eigenvalue weighted by molar-refractivity contribution is 5.87. The van der Waals surface area contributed by atoms with Gasteiger partial charge in [-0.2, -0.15) is 9.97 Å². The number of fused-ring (bicyclic) bond motifs is 1. The fourth-order valence-corrected chi connectivity index (χ4v) is 3.32. The molecule has 0 fully saturated rings. The van der Waals surface area contributed by atoms with E-state index in [1.807, 2.05) is 48.5 Å². The number of rotatable bonds is 9. The largest absolute Gasteiger partial charge is 0.493 e. The first kappa shape index (κ1) is 20.4. The molecule has 0 saturated carbocycles. The Labute approximate surface area is 181 Å². The van der Waals surface area contributed by atoms with E-state index in [2.05, 4.69) is 32.7 Å². The van der Waals surface area contributed by atoms with Gasteiger partial charge in [-0.1, -0.05) is 36.4 Å². The van der Waals surface area contributed by atoms with Crippen LogP contribution in [0.4, 0.5) is 11.8 Å². The molecule has 0 amide bonds. The summed E-state index contributed by atoms with van der Waals surface area (Å²) < 4.78 is 10.7. The maximum atomic E-state index is 5.40. The standard InChI is InChI=1S/C24H25N5O2/c1-30-20-11-10-18(15-21(20)31-2)16-27-23-19-9-6-13-25-22(19)28-24(29-23)26-14-12-17-7-4-3-5-8-17/h3-11,13,15H,12,14,16H2,1-2H3,(H2,25,26,27,28,29). The molecule has 0 aliphatic rings. The van der Waals surface area contributed by atoms with Gasteiger partial charge in [0, 0.05) is 19.3 Å². The van der Waals surface area contributed by atoms with Gasteiger partial charge in [-0.15, -0.1) is 0 Å². The van der Waals surface area contributed by atoms with Crippen LogP contribution in [0.1, 0.15) is 11.1 Å². The number of nitrogens with zero attached hydrogens (tertiary/aromatic N) is 3. The summed E-state index contributed by atoms with van der Waals surface area (Å²) in [5, 5.41) is 7.60. The van der Waals surface area contributed by atoms with Crippen LogP contribution in [0, 0.1) is 0 Å². The van der Waals surface area contributed by atoms with Crippen LogP contribution in [0.5, 0.6) is 11.5 Å². The molecule has 4 aromatic rings. The van der Waals surface area contributed by atoms with Gasteiger partial charge in [0.2, 0.25) is 5.95 Å². The first-order chi connectivity index (χ1) is 15.3. The predicted molar refractivity (Wildman–Crippen MR) is 123 cm³/mol. The second-order valence-corrected chi connectivity index (χ2v) is 6.98. The van der Waals surface area contributed by atoms with Crippen molar-refractivity contribution in [2.45, 2.75) is 13.0 Å². The molecule has 0 unspecified atom stereocenters. The second kappa shape index (κ2) is 9.75. The van der Waals surface area contributed by atoms with Gasteiger partial charge in [0.15, 0.2) is 17.1 Å². The molecule has 7 heteroatoms. The fourth-order valence-electron chi connectivity index (χ4n) is 3.32. The maximum absolute atomic E-state index is 5.40. The highest BCUT2D eigenvalue weighted by Crippen LogP contribution is 2.28. The van der Waals surface area contributed by atoms with Crippen molar-refractivity contribution in [1.29, 1.82) is 0 Å². The molecule has 2 aromatic carbocycles. The number of ether oxygens (including phenoxy) is 2. The summed E-state index contributed by atoms with van der Waals surface area (Å²) in [6, 6.07) is 20.0. The summed E-state index contributed by atoms with van der Waals surface area (Å²) in [7, 11) is 3.26. The Kier molecular flexibility index (Phi) is 6.42. The van der Waals surface area contributed by atoms with Crippen molar-refractivity contribution in [3.8, 4) is 11.5 Å². The van der Waals surface area contributed by atoms with Crippen LogP contribution in [0.3, 0.4) is 0 Å². The van der Waals surface area contributed by atoms with E-state index in [0.29, 0.717) is 29.6 Å². The number of pyridine rings is 1. The van der Waals surface area contributed by atoms with E-state index in [0.717, 1.165) is 29.7 Å². The van der Waals surface area contributed by atoms with Gasteiger partial charge in [-0.05, 0) is 41.8 Å².